The highest BCUT2D eigenvalue weighted by Crippen LogP contribution is 2.43. The maximum Gasteiger partial charge on any atom is 0.341 e. The highest BCUT2D eigenvalue weighted by molar-refractivity contribution is 7.89. The fourth-order valence-electron chi connectivity index (χ4n) is 5.05. The van der Waals surface area contributed by atoms with Gasteiger partial charge in [0.05, 0.1) is 20.8 Å². The molecule has 1 saturated carbocycles. The summed E-state index contributed by atoms with van der Waals surface area (Å²) in [7, 11) is -3.72. The standard InChI is InChI=1S/C28H22ClFN2O5S/c1-15-2-8-20(9-3-15)38(36,37)31-12-17-5-4-16(10-18(17)13-31)24-23(30)11-21-26(25(24)29)32(19-6-7-19)14-22(27(21)33)28(34)35/h2-5,8-11,14,19H,6-7,12-13H2,1H3,(H,34,35). The van der Waals surface area contributed by atoms with E-state index >= 15 is 4.39 Å². The van der Waals surface area contributed by atoms with E-state index in [0.29, 0.717) is 11.1 Å². The second kappa shape index (κ2) is 8.76. The molecular formula is C28H22ClFN2O5S. The largest absolute Gasteiger partial charge is 0.477 e. The van der Waals surface area contributed by atoms with Crippen LogP contribution in [0.2, 0.25) is 5.02 Å². The van der Waals surface area contributed by atoms with Crippen LogP contribution in [0.1, 0.15) is 45.9 Å². The minimum atomic E-state index is -3.72. The van der Waals surface area contributed by atoms with Crippen LogP contribution in [0.3, 0.4) is 0 Å². The maximum absolute atomic E-state index is 15.5. The molecule has 1 aliphatic carbocycles. The van der Waals surface area contributed by atoms with E-state index in [9.17, 15) is 23.1 Å². The van der Waals surface area contributed by atoms with Gasteiger partial charge in [0.2, 0.25) is 15.5 Å². The first kappa shape index (κ1) is 24.8. The van der Waals surface area contributed by atoms with E-state index in [1.807, 2.05) is 6.92 Å². The molecule has 38 heavy (non-hydrogen) atoms. The molecule has 1 fully saturated rings. The van der Waals surface area contributed by atoms with Gasteiger partial charge in [0.25, 0.3) is 0 Å². The molecule has 0 unspecified atom stereocenters. The summed E-state index contributed by atoms with van der Waals surface area (Å²) in [5.41, 5.74) is 2.10. The number of benzene rings is 3. The number of aromatic carboxylic acids is 1. The number of aryl methyl sites for hydroxylation is 1. The molecule has 194 valence electrons. The van der Waals surface area contributed by atoms with Gasteiger partial charge in [-0.05, 0) is 60.7 Å². The quantitative estimate of drug-likeness (QED) is 0.352. The zero-order valence-corrected chi connectivity index (χ0v) is 21.8. The van der Waals surface area contributed by atoms with E-state index in [1.165, 1.54) is 10.5 Å². The molecule has 0 atom stereocenters. The van der Waals surface area contributed by atoms with E-state index in [4.69, 9.17) is 11.6 Å². The van der Waals surface area contributed by atoms with Gasteiger partial charge < -0.3 is 9.67 Å². The molecule has 2 heterocycles. The molecule has 7 nitrogen and oxygen atoms in total. The number of hydrogen-bond acceptors (Lipinski definition) is 4. The summed E-state index contributed by atoms with van der Waals surface area (Å²) in [6.45, 7) is 2.20. The number of halogens is 2. The number of aromatic nitrogens is 1. The Morgan fingerprint density at radius 1 is 1.05 bits per heavy atom. The summed E-state index contributed by atoms with van der Waals surface area (Å²) >= 11 is 6.75. The van der Waals surface area contributed by atoms with Crippen LogP contribution in [0, 0.1) is 12.7 Å². The van der Waals surface area contributed by atoms with Crippen LogP contribution in [-0.2, 0) is 23.1 Å². The minimum Gasteiger partial charge on any atom is -0.477 e. The molecule has 2 aliphatic rings. The molecule has 10 heteroatoms. The first-order valence-corrected chi connectivity index (χ1v) is 13.9. The SMILES string of the molecule is Cc1ccc(S(=O)(=O)N2Cc3ccc(-c4c(F)cc5c(=O)c(C(=O)O)cn(C6CC6)c5c4Cl)cc3C2)cc1. The molecule has 0 saturated heterocycles. The van der Waals surface area contributed by atoms with Crippen molar-refractivity contribution in [3.63, 3.8) is 0 Å². The second-order valence-corrected chi connectivity index (χ2v) is 12.1. The van der Waals surface area contributed by atoms with Crippen LogP contribution in [0.4, 0.5) is 4.39 Å². The summed E-state index contributed by atoms with van der Waals surface area (Å²) < 4.78 is 45.0. The van der Waals surface area contributed by atoms with Crippen LogP contribution in [0.15, 0.2) is 64.4 Å². The van der Waals surface area contributed by atoms with Crippen molar-refractivity contribution in [1.29, 1.82) is 0 Å². The molecule has 0 spiro atoms. The lowest BCUT2D eigenvalue weighted by Crippen LogP contribution is -2.25. The van der Waals surface area contributed by atoms with Crippen LogP contribution in [-0.4, -0.2) is 28.4 Å². The highest BCUT2D eigenvalue weighted by Gasteiger charge is 2.32. The second-order valence-electron chi connectivity index (χ2n) is 9.83. The molecule has 1 aromatic heterocycles. The van der Waals surface area contributed by atoms with Gasteiger partial charge in [-0.2, -0.15) is 4.31 Å². The Morgan fingerprint density at radius 2 is 1.74 bits per heavy atom. The van der Waals surface area contributed by atoms with Gasteiger partial charge in [-0.1, -0.05) is 41.4 Å². The Bertz CT molecular complexity index is 1830. The smallest absolute Gasteiger partial charge is 0.341 e. The number of nitrogens with zero attached hydrogens (tertiary/aromatic N) is 2. The lowest BCUT2D eigenvalue weighted by Gasteiger charge is -2.16. The average Bonchev–Trinajstić information content (AvgIpc) is 3.62. The van der Waals surface area contributed by atoms with Gasteiger partial charge in [-0.15, -0.1) is 0 Å². The van der Waals surface area contributed by atoms with E-state index in [2.05, 4.69) is 0 Å². The highest BCUT2D eigenvalue weighted by atomic mass is 35.5. The van der Waals surface area contributed by atoms with Crippen molar-refractivity contribution >= 4 is 38.5 Å². The van der Waals surface area contributed by atoms with Crippen molar-refractivity contribution in [1.82, 2.24) is 8.87 Å². The summed E-state index contributed by atoms with van der Waals surface area (Å²) in [6, 6.07) is 12.9. The van der Waals surface area contributed by atoms with E-state index in [0.717, 1.165) is 35.6 Å². The zero-order valence-electron chi connectivity index (χ0n) is 20.2. The fourth-order valence-corrected chi connectivity index (χ4v) is 6.84. The Morgan fingerprint density at radius 3 is 2.39 bits per heavy atom. The predicted molar refractivity (Wildman–Crippen MR) is 141 cm³/mol. The Kier molecular flexibility index (Phi) is 5.71. The molecule has 0 bridgehead atoms. The number of rotatable bonds is 5. The fraction of sp³-hybridized carbons (Fsp3) is 0.214. The van der Waals surface area contributed by atoms with Crippen LogP contribution < -0.4 is 5.43 Å². The molecular weight excluding hydrogens is 531 g/mol. The summed E-state index contributed by atoms with van der Waals surface area (Å²) in [5.74, 6) is -2.14. The lowest BCUT2D eigenvalue weighted by molar-refractivity contribution is 0.0694. The number of carbonyl (C=O) groups is 1. The summed E-state index contributed by atoms with van der Waals surface area (Å²) in [4.78, 5) is 24.7. The van der Waals surface area contributed by atoms with Crippen LogP contribution in [0.5, 0.6) is 0 Å². The number of hydrogen-bond donors (Lipinski definition) is 1. The minimum absolute atomic E-state index is 0.0167. The van der Waals surface area contributed by atoms with Gasteiger partial charge in [0.15, 0.2) is 0 Å². The third kappa shape index (κ3) is 3.93. The van der Waals surface area contributed by atoms with Gasteiger partial charge in [0.1, 0.15) is 11.4 Å². The van der Waals surface area contributed by atoms with Crippen molar-refractivity contribution in [3.05, 3.63) is 98.0 Å². The van der Waals surface area contributed by atoms with E-state index in [-0.39, 0.29) is 40.0 Å². The first-order valence-electron chi connectivity index (χ1n) is 12.1. The summed E-state index contributed by atoms with van der Waals surface area (Å²) in [5, 5.41) is 9.42. The lowest BCUT2D eigenvalue weighted by atomic mass is 9.98. The molecule has 0 amide bonds. The molecule has 0 radical (unpaired) electrons. The maximum atomic E-state index is 15.5. The van der Waals surface area contributed by atoms with Crippen molar-refractivity contribution < 1.29 is 22.7 Å². The monoisotopic (exact) mass is 552 g/mol. The van der Waals surface area contributed by atoms with Crippen molar-refractivity contribution in [2.24, 2.45) is 0 Å². The first-order chi connectivity index (χ1) is 18.1. The average molecular weight is 553 g/mol. The Balaban J connectivity index is 1.44. The van der Waals surface area contributed by atoms with Crippen LogP contribution >= 0.6 is 11.6 Å². The molecule has 1 N–H and O–H groups in total. The topological polar surface area (TPSA) is 96.7 Å². The van der Waals surface area contributed by atoms with Gasteiger partial charge in [-0.25, -0.2) is 17.6 Å². The van der Waals surface area contributed by atoms with Crippen LogP contribution in [0.25, 0.3) is 22.0 Å². The third-order valence-electron chi connectivity index (χ3n) is 7.23. The molecule has 4 aromatic rings. The third-order valence-corrected chi connectivity index (χ3v) is 9.40. The molecule has 3 aromatic carbocycles. The molecule has 1 aliphatic heterocycles. The Hall–Kier alpha value is -3.53. The van der Waals surface area contributed by atoms with E-state index in [1.54, 1.807) is 47.0 Å². The molecule has 6 rings (SSSR count). The van der Waals surface area contributed by atoms with Gasteiger partial charge >= 0.3 is 5.97 Å². The zero-order chi connectivity index (χ0) is 26.9. The van der Waals surface area contributed by atoms with Gasteiger partial charge in [0, 0.05) is 30.9 Å². The van der Waals surface area contributed by atoms with Crippen molar-refractivity contribution in [2.45, 2.75) is 43.8 Å². The summed E-state index contributed by atoms with van der Waals surface area (Å²) in [6.07, 6.45) is 2.88. The van der Waals surface area contributed by atoms with Crippen molar-refractivity contribution in [2.75, 3.05) is 0 Å². The predicted octanol–water partition coefficient (Wildman–Crippen LogP) is 5.51. The number of carboxylic acid groups (broad SMARTS) is 1. The normalized spacial score (nSPS) is 15.7. The number of carboxylic acids is 1. The van der Waals surface area contributed by atoms with Crippen molar-refractivity contribution in [3.8, 4) is 11.1 Å². The number of sulfonamides is 1. The number of fused-ring (bicyclic) bond motifs is 2. The van der Waals surface area contributed by atoms with E-state index < -0.39 is 32.8 Å². The van der Waals surface area contributed by atoms with Gasteiger partial charge in [-0.3, -0.25) is 4.79 Å². The Labute approximate surface area is 222 Å². The number of pyridine rings is 1.